The molecule has 0 aromatic rings. The Labute approximate surface area is 99.5 Å². The van der Waals surface area contributed by atoms with Crippen LogP contribution in [0.25, 0.3) is 0 Å². The summed E-state index contributed by atoms with van der Waals surface area (Å²) in [6.45, 7) is 8.02. The predicted octanol–water partition coefficient (Wildman–Crippen LogP) is 0.958. The van der Waals surface area contributed by atoms with E-state index in [4.69, 9.17) is 11.2 Å². The van der Waals surface area contributed by atoms with Gasteiger partial charge in [-0.25, -0.2) is 0 Å². The second-order valence-corrected chi connectivity index (χ2v) is 4.69. The van der Waals surface area contributed by atoms with Gasteiger partial charge in [-0.3, -0.25) is 4.90 Å². The van der Waals surface area contributed by atoms with Crippen LogP contribution in [-0.2, 0) is 4.74 Å². The van der Waals surface area contributed by atoms with Gasteiger partial charge in [0.05, 0.1) is 13.2 Å². The highest BCUT2D eigenvalue weighted by Gasteiger charge is 2.33. The van der Waals surface area contributed by atoms with Gasteiger partial charge in [-0.1, -0.05) is 12.8 Å². The summed E-state index contributed by atoms with van der Waals surface area (Å²) in [6.07, 6.45) is 7.76. The summed E-state index contributed by atoms with van der Waals surface area (Å²) in [5.74, 6) is 2.74. The normalized spacial score (nSPS) is 19.6. The first-order valence-corrected chi connectivity index (χ1v) is 6.12. The van der Waals surface area contributed by atoms with E-state index in [0.717, 1.165) is 39.3 Å². The number of terminal acetylenes is 1. The lowest BCUT2D eigenvalue weighted by molar-refractivity contribution is 0.0268. The van der Waals surface area contributed by atoms with Crippen LogP contribution in [0.3, 0.4) is 0 Å². The molecule has 0 bridgehead atoms. The van der Waals surface area contributed by atoms with E-state index in [1.54, 1.807) is 7.11 Å². The molecule has 16 heavy (non-hydrogen) atoms. The topological polar surface area (TPSA) is 24.5 Å². The van der Waals surface area contributed by atoms with Gasteiger partial charge in [0.1, 0.15) is 0 Å². The van der Waals surface area contributed by atoms with Crippen LogP contribution in [0.2, 0.25) is 0 Å². The highest BCUT2D eigenvalue weighted by atomic mass is 16.5. The number of rotatable bonds is 6. The third-order valence-electron chi connectivity index (χ3n) is 3.44. The lowest BCUT2D eigenvalue weighted by atomic mass is 9.79. The number of nitrogens with zero attached hydrogens (tertiary/aromatic N) is 1. The zero-order valence-corrected chi connectivity index (χ0v) is 10.6. The Morgan fingerprint density at radius 3 is 2.62 bits per heavy atom. The van der Waals surface area contributed by atoms with Crippen molar-refractivity contribution >= 4 is 0 Å². The second kappa shape index (κ2) is 6.90. The fraction of sp³-hybridized carbons (Fsp3) is 0.846. The highest BCUT2D eigenvalue weighted by molar-refractivity contribution is 4.92. The first kappa shape index (κ1) is 13.5. The van der Waals surface area contributed by atoms with E-state index in [1.807, 2.05) is 0 Å². The molecule has 0 amide bonds. The summed E-state index contributed by atoms with van der Waals surface area (Å²) in [5.41, 5.74) is 0.298. The van der Waals surface area contributed by atoms with Crippen molar-refractivity contribution in [2.24, 2.45) is 5.41 Å². The summed E-state index contributed by atoms with van der Waals surface area (Å²) < 4.78 is 5.40. The molecule has 3 heteroatoms. The highest BCUT2D eigenvalue weighted by Crippen LogP contribution is 2.30. The summed E-state index contributed by atoms with van der Waals surface area (Å²) in [5, 5.41) is 3.41. The summed E-state index contributed by atoms with van der Waals surface area (Å²) in [6, 6.07) is 0. The molecule has 1 saturated heterocycles. The van der Waals surface area contributed by atoms with Gasteiger partial charge in [-0.15, -0.1) is 6.42 Å². The van der Waals surface area contributed by atoms with Crippen LogP contribution < -0.4 is 5.32 Å². The third-order valence-corrected chi connectivity index (χ3v) is 3.44. The average Bonchev–Trinajstić information content (AvgIpc) is 2.30. The van der Waals surface area contributed by atoms with Gasteiger partial charge in [-0.05, 0) is 32.5 Å². The van der Waals surface area contributed by atoms with Gasteiger partial charge >= 0.3 is 0 Å². The Morgan fingerprint density at radius 2 is 2.12 bits per heavy atom. The van der Waals surface area contributed by atoms with E-state index in [0.29, 0.717) is 5.41 Å². The van der Waals surface area contributed by atoms with Crippen LogP contribution in [0.15, 0.2) is 0 Å². The number of ether oxygens (including phenoxy) is 1. The SMILES string of the molecule is C#CCN(CC)CC1(COC)CCNCC1. The van der Waals surface area contributed by atoms with Crippen molar-refractivity contribution in [1.29, 1.82) is 0 Å². The van der Waals surface area contributed by atoms with Crippen molar-refractivity contribution in [3.63, 3.8) is 0 Å². The molecule has 0 saturated carbocycles. The zero-order chi connectivity index (χ0) is 11.9. The minimum Gasteiger partial charge on any atom is -0.384 e. The number of hydrogen-bond donors (Lipinski definition) is 1. The molecule has 0 aromatic carbocycles. The fourth-order valence-electron chi connectivity index (χ4n) is 2.49. The maximum Gasteiger partial charge on any atom is 0.0599 e. The van der Waals surface area contributed by atoms with Gasteiger partial charge in [-0.2, -0.15) is 0 Å². The molecule has 92 valence electrons. The van der Waals surface area contributed by atoms with Crippen molar-refractivity contribution in [1.82, 2.24) is 10.2 Å². The van der Waals surface area contributed by atoms with Crippen molar-refractivity contribution in [3.05, 3.63) is 0 Å². The van der Waals surface area contributed by atoms with E-state index in [1.165, 1.54) is 12.8 Å². The molecule has 0 unspecified atom stereocenters. The molecule has 0 radical (unpaired) electrons. The lowest BCUT2D eigenvalue weighted by Gasteiger charge is -2.40. The molecule has 1 heterocycles. The van der Waals surface area contributed by atoms with Crippen molar-refractivity contribution in [3.8, 4) is 12.3 Å². The van der Waals surface area contributed by atoms with Crippen LogP contribution in [0.1, 0.15) is 19.8 Å². The van der Waals surface area contributed by atoms with E-state index >= 15 is 0 Å². The molecule has 1 fully saturated rings. The van der Waals surface area contributed by atoms with Crippen molar-refractivity contribution < 1.29 is 4.74 Å². The van der Waals surface area contributed by atoms with Crippen molar-refractivity contribution in [2.75, 3.05) is 46.4 Å². The van der Waals surface area contributed by atoms with Gasteiger partial charge < -0.3 is 10.1 Å². The van der Waals surface area contributed by atoms with Crippen molar-refractivity contribution in [2.45, 2.75) is 19.8 Å². The van der Waals surface area contributed by atoms with E-state index < -0.39 is 0 Å². The number of hydrogen-bond acceptors (Lipinski definition) is 3. The molecule has 1 aliphatic rings. The second-order valence-electron chi connectivity index (χ2n) is 4.69. The number of piperidine rings is 1. The predicted molar refractivity (Wildman–Crippen MR) is 67.4 cm³/mol. The maximum atomic E-state index is 5.40. The maximum absolute atomic E-state index is 5.40. The molecule has 1 aliphatic heterocycles. The molecular formula is C13H24N2O. The number of methoxy groups -OCH3 is 1. The smallest absolute Gasteiger partial charge is 0.0599 e. The minimum atomic E-state index is 0.298. The number of nitrogens with one attached hydrogen (secondary N) is 1. The molecule has 3 nitrogen and oxygen atoms in total. The van der Waals surface area contributed by atoms with Crippen LogP contribution in [0.4, 0.5) is 0 Å². The van der Waals surface area contributed by atoms with Crippen LogP contribution in [0, 0.1) is 17.8 Å². The molecule has 0 atom stereocenters. The van der Waals surface area contributed by atoms with Gasteiger partial charge in [0, 0.05) is 19.1 Å². The molecule has 0 aliphatic carbocycles. The third kappa shape index (κ3) is 3.79. The summed E-state index contributed by atoms with van der Waals surface area (Å²) >= 11 is 0. The van der Waals surface area contributed by atoms with E-state index in [2.05, 4.69) is 23.1 Å². The lowest BCUT2D eigenvalue weighted by Crippen LogP contribution is -2.47. The Kier molecular flexibility index (Phi) is 5.83. The monoisotopic (exact) mass is 224 g/mol. The van der Waals surface area contributed by atoms with Gasteiger partial charge in [0.2, 0.25) is 0 Å². The molecule has 1 rings (SSSR count). The Balaban J connectivity index is 2.58. The van der Waals surface area contributed by atoms with E-state index in [-0.39, 0.29) is 0 Å². The fourth-order valence-corrected chi connectivity index (χ4v) is 2.49. The van der Waals surface area contributed by atoms with Gasteiger partial charge in [0.25, 0.3) is 0 Å². The molecular weight excluding hydrogens is 200 g/mol. The molecule has 1 N–H and O–H groups in total. The van der Waals surface area contributed by atoms with E-state index in [9.17, 15) is 0 Å². The molecule has 0 spiro atoms. The standard InChI is InChI=1S/C13H24N2O/c1-4-10-15(5-2)11-13(12-16-3)6-8-14-9-7-13/h1,14H,5-12H2,2-3H3. The van der Waals surface area contributed by atoms with Gasteiger partial charge in [0.15, 0.2) is 0 Å². The largest absolute Gasteiger partial charge is 0.384 e. The van der Waals surface area contributed by atoms with Crippen LogP contribution in [0.5, 0.6) is 0 Å². The Morgan fingerprint density at radius 1 is 1.44 bits per heavy atom. The summed E-state index contributed by atoms with van der Waals surface area (Å²) in [4.78, 5) is 2.34. The van der Waals surface area contributed by atoms with Crippen LogP contribution >= 0.6 is 0 Å². The summed E-state index contributed by atoms with van der Waals surface area (Å²) in [7, 11) is 1.79. The minimum absolute atomic E-state index is 0.298. The average molecular weight is 224 g/mol. The first-order chi connectivity index (χ1) is 7.76. The molecule has 0 aromatic heterocycles. The quantitative estimate of drug-likeness (QED) is 0.680. The van der Waals surface area contributed by atoms with Crippen LogP contribution in [-0.4, -0.2) is 51.3 Å². The zero-order valence-electron chi connectivity index (χ0n) is 10.6. The first-order valence-electron chi connectivity index (χ1n) is 6.12. The Hall–Kier alpha value is -0.560. The Bertz CT molecular complexity index is 223.